The third kappa shape index (κ3) is 3.54. The third-order valence-electron chi connectivity index (χ3n) is 4.32. The number of benzene rings is 2. The molecule has 3 rings (SSSR count). The van der Waals surface area contributed by atoms with Gasteiger partial charge in [0.1, 0.15) is 0 Å². The molecular formula is C21H24N2. The molecule has 1 N–H and O–H groups in total. The summed E-state index contributed by atoms with van der Waals surface area (Å²) >= 11 is 0. The molecule has 0 aliphatic rings. The summed E-state index contributed by atoms with van der Waals surface area (Å²) in [5.74, 6) is 0. The van der Waals surface area contributed by atoms with Crippen LogP contribution in [0.4, 0.5) is 0 Å². The predicted octanol–water partition coefficient (Wildman–Crippen LogP) is 4.69. The number of nitrogens with zero attached hydrogens (tertiary/aromatic N) is 1. The first kappa shape index (κ1) is 15.6. The lowest BCUT2D eigenvalue weighted by Crippen LogP contribution is -2.13. The van der Waals surface area contributed by atoms with Crippen LogP contribution in [0.3, 0.4) is 0 Å². The Morgan fingerprint density at radius 1 is 0.826 bits per heavy atom. The lowest BCUT2D eigenvalue weighted by atomic mass is 10.2. The number of aromatic nitrogens is 1. The Morgan fingerprint density at radius 2 is 1.52 bits per heavy atom. The van der Waals surface area contributed by atoms with Gasteiger partial charge in [0.25, 0.3) is 0 Å². The molecule has 118 valence electrons. The molecule has 1 heterocycles. The van der Waals surface area contributed by atoms with E-state index < -0.39 is 0 Å². The molecule has 0 saturated heterocycles. The Hall–Kier alpha value is -2.32. The summed E-state index contributed by atoms with van der Waals surface area (Å²) in [6, 6.07) is 21.5. The highest BCUT2D eigenvalue weighted by molar-refractivity contribution is 5.42. The van der Waals surface area contributed by atoms with Crippen molar-refractivity contribution >= 4 is 0 Å². The molecule has 0 aliphatic heterocycles. The largest absolute Gasteiger partial charge is 0.318 e. The average molecular weight is 304 g/mol. The van der Waals surface area contributed by atoms with Crippen LogP contribution in [-0.4, -0.2) is 4.57 Å². The number of aryl methyl sites for hydroxylation is 2. The van der Waals surface area contributed by atoms with E-state index in [-0.39, 0.29) is 0 Å². The topological polar surface area (TPSA) is 17.0 Å². The van der Waals surface area contributed by atoms with Gasteiger partial charge in [0, 0.05) is 30.2 Å². The maximum absolute atomic E-state index is 3.55. The Balaban J connectivity index is 1.74. The van der Waals surface area contributed by atoms with Gasteiger partial charge in [-0.25, -0.2) is 0 Å². The molecule has 2 aromatic carbocycles. The second kappa shape index (κ2) is 6.84. The minimum absolute atomic E-state index is 0.889. The molecule has 0 atom stereocenters. The summed E-state index contributed by atoms with van der Waals surface area (Å²) in [5.41, 5.74) is 7.80. The fourth-order valence-electron chi connectivity index (χ4n) is 3.04. The second-order valence-electron chi connectivity index (χ2n) is 6.16. The van der Waals surface area contributed by atoms with Crippen molar-refractivity contribution in [2.24, 2.45) is 0 Å². The van der Waals surface area contributed by atoms with Gasteiger partial charge < -0.3 is 9.88 Å². The van der Waals surface area contributed by atoms with Crippen molar-refractivity contribution in [2.75, 3.05) is 0 Å². The van der Waals surface area contributed by atoms with Crippen LogP contribution in [-0.2, 0) is 13.1 Å². The van der Waals surface area contributed by atoms with Crippen molar-refractivity contribution in [1.29, 1.82) is 0 Å². The van der Waals surface area contributed by atoms with E-state index in [1.54, 1.807) is 0 Å². The van der Waals surface area contributed by atoms with Gasteiger partial charge in [-0.05, 0) is 50.1 Å². The monoisotopic (exact) mass is 304 g/mol. The molecule has 2 nitrogen and oxygen atoms in total. The molecule has 0 unspecified atom stereocenters. The highest BCUT2D eigenvalue weighted by Crippen LogP contribution is 2.21. The van der Waals surface area contributed by atoms with E-state index >= 15 is 0 Å². The quantitative estimate of drug-likeness (QED) is 0.723. The first-order chi connectivity index (χ1) is 11.1. The summed E-state index contributed by atoms with van der Waals surface area (Å²) in [4.78, 5) is 0. The number of hydrogen-bond acceptors (Lipinski definition) is 1. The zero-order valence-corrected chi connectivity index (χ0v) is 14.1. The minimum atomic E-state index is 0.889. The molecule has 0 aliphatic carbocycles. The summed E-state index contributed by atoms with van der Waals surface area (Å²) in [6.45, 7) is 8.29. The molecule has 3 aromatic rings. The van der Waals surface area contributed by atoms with Crippen LogP contribution < -0.4 is 5.32 Å². The van der Waals surface area contributed by atoms with Crippen LogP contribution >= 0.6 is 0 Å². The zero-order chi connectivity index (χ0) is 16.2. The van der Waals surface area contributed by atoms with Crippen molar-refractivity contribution < 1.29 is 0 Å². The van der Waals surface area contributed by atoms with E-state index in [1.165, 1.54) is 33.8 Å². The van der Waals surface area contributed by atoms with Crippen LogP contribution in [0.15, 0.2) is 60.7 Å². The summed E-state index contributed by atoms with van der Waals surface area (Å²) < 4.78 is 2.33. The highest BCUT2D eigenvalue weighted by atomic mass is 15.0. The summed E-state index contributed by atoms with van der Waals surface area (Å²) in [7, 11) is 0. The minimum Gasteiger partial charge on any atom is -0.318 e. The van der Waals surface area contributed by atoms with Gasteiger partial charge in [-0.1, -0.05) is 48.0 Å². The average Bonchev–Trinajstić information content (AvgIpc) is 2.84. The maximum atomic E-state index is 3.55. The number of hydrogen-bond donors (Lipinski definition) is 1. The molecule has 23 heavy (non-hydrogen) atoms. The van der Waals surface area contributed by atoms with E-state index in [4.69, 9.17) is 0 Å². The first-order valence-electron chi connectivity index (χ1n) is 8.14. The van der Waals surface area contributed by atoms with Gasteiger partial charge in [-0.3, -0.25) is 0 Å². The highest BCUT2D eigenvalue weighted by Gasteiger charge is 2.10. The Morgan fingerprint density at radius 3 is 2.22 bits per heavy atom. The van der Waals surface area contributed by atoms with Crippen molar-refractivity contribution in [1.82, 2.24) is 9.88 Å². The van der Waals surface area contributed by atoms with Crippen LogP contribution in [0, 0.1) is 20.8 Å². The molecule has 0 bridgehead atoms. The second-order valence-corrected chi connectivity index (χ2v) is 6.16. The van der Waals surface area contributed by atoms with Crippen molar-refractivity contribution in [3.63, 3.8) is 0 Å². The van der Waals surface area contributed by atoms with E-state index in [0.717, 1.165) is 13.1 Å². The number of rotatable bonds is 5. The Bertz CT molecular complexity index is 768. The Labute approximate surface area is 138 Å². The number of nitrogens with one attached hydrogen (secondary N) is 1. The fourth-order valence-corrected chi connectivity index (χ4v) is 3.04. The lowest BCUT2D eigenvalue weighted by molar-refractivity contribution is 0.689. The van der Waals surface area contributed by atoms with Gasteiger partial charge in [-0.2, -0.15) is 0 Å². The van der Waals surface area contributed by atoms with E-state index in [1.807, 2.05) is 0 Å². The molecule has 0 radical (unpaired) electrons. The van der Waals surface area contributed by atoms with Crippen LogP contribution in [0.1, 0.15) is 28.1 Å². The normalized spacial score (nSPS) is 10.9. The van der Waals surface area contributed by atoms with Crippen molar-refractivity contribution in [2.45, 2.75) is 33.9 Å². The van der Waals surface area contributed by atoms with Gasteiger partial charge in [0.2, 0.25) is 0 Å². The fraction of sp³-hybridized carbons (Fsp3) is 0.238. The molecule has 0 spiro atoms. The molecule has 1 aromatic heterocycles. The molecule has 0 fully saturated rings. The third-order valence-corrected chi connectivity index (χ3v) is 4.32. The molecular weight excluding hydrogens is 280 g/mol. The summed E-state index contributed by atoms with van der Waals surface area (Å²) in [6.07, 6.45) is 0. The predicted molar refractivity (Wildman–Crippen MR) is 97.0 cm³/mol. The standard InChI is InChI=1S/C21H24N2/c1-16-9-11-21(12-10-16)23-17(2)13-20(18(23)3)15-22-14-19-7-5-4-6-8-19/h4-13,22H,14-15H2,1-3H3. The lowest BCUT2D eigenvalue weighted by Gasteiger charge is -2.11. The van der Waals surface area contributed by atoms with Crippen LogP contribution in [0.2, 0.25) is 0 Å². The van der Waals surface area contributed by atoms with E-state index in [0.29, 0.717) is 0 Å². The van der Waals surface area contributed by atoms with E-state index in [2.05, 4.69) is 91.3 Å². The first-order valence-corrected chi connectivity index (χ1v) is 8.14. The van der Waals surface area contributed by atoms with Crippen molar-refractivity contribution in [3.05, 3.63) is 88.7 Å². The van der Waals surface area contributed by atoms with E-state index in [9.17, 15) is 0 Å². The summed E-state index contributed by atoms with van der Waals surface area (Å²) in [5, 5.41) is 3.55. The zero-order valence-electron chi connectivity index (χ0n) is 14.1. The SMILES string of the molecule is Cc1ccc(-n2c(C)cc(CNCc3ccccc3)c2C)cc1. The maximum Gasteiger partial charge on any atom is 0.0455 e. The Kier molecular flexibility index (Phi) is 4.63. The van der Waals surface area contributed by atoms with Gasteiger partial charge in [-0.15, -0.1) is 0 Å². The van der Waals surface area contributed by atoms with Crippen LogP contribution in [0.5, 0.6) is 0 Å². The molecule has 0 amide bonds. The van der Waals surface area contributed by atoms with Crippen LogP contribution in [0.25, 0.3) is 5.69 Å². The smallest absolute Gasteiger partial charge is 0.0455 e. The van der Waals surface area contributed by atoms with Gasteiger partial charge in [0.15, 0.2) is 0 Å². The van der Waals surface area contributed by atoms with Gasteiger partial charge >= 0.3 is 0 Å². The molecule has 2 heteroatoms. The van der Waals surface area contributed by atoms with Gasteiger partial charge in [0.05, 0.1) is 0 Å². The molecule has 0 saturated carbocycles. The van der Waals surface area contributed by atoms with Crippen molar-refractivity contribution in [3.8, 4) is 5.69 Å².